The lowest BCUT2D eigenvalue weighted by atomic mass is 10.3. The van der Waals surface area contributed by atoms with E-state index in [0.29, 0.717) is 17.1 Å². The Morgan fingerprint density at radius 1 is 1.38 bits per heavy atom. The molecule has 1 aliphatic rings. The summed E-state index contributed by atoms with van der Waals surface area (Å²) in [5.74, 6) is 0.654. The van der Waals surface area contributed by atoms with Crippen LogP contribution in [0.5, 0.6) is 0 Å². The molecule has 0 aliphatic carbocycles. The van der Waals surface area contributed by atoms with Gasteiger partial charge in [-0.15, -0.1) is 11.3 Å². The Kier molecular flexibility index (Phi) is 4.12. The highest BCUT2D eigenvalue weighted by atomic mass is 32.1. The Morgan fingerprint density at radius 2 is 2.19 bits per heavy atom. The molecule has 3 heterocycles. The van der Waals surface area contributed by atoms with E-state index in [1.807, 2.05) is 6.07 Å². The molecule has 0 aromatic carbocycles. The standard InChI is InChI=1S/C14H17N5OS/c15-7-10-3-4-12(21-10)14(20)18-11-8-16-9-17-13(11)19-5-1-2-6-19/h3-4,8-9H,1-2,5-7,15H2,(H,18,20). The van der Waals surface area contributed by atoms with Crippen LogP contribution in [0.25, 0.3) is 0 Å². The maximum atomic E-state index is 12.3. The third-order valence-corrected chi connectivity index (χ3v) is 4.54. The summed E-state index contributed by atoms with van der Waals surface area (Å²) in [6.07, 6.45) is 5.47. The Morgan fingerprint density at radius 3 is 2.90 bits per heavy atom. The van der Waals surface area contributed by atoms with Crippen molar-refractivity contribution >= 4 is 28.7 Å². The van der Waals surface area contributed by atoms with Crippen molar-refractivity contribution in [3.05, 3.63) is 34.4 Å². The first kappa shape index (κ1) is 14.0. The van der Waals surface area contributed by atoms with Gasteiger partial charge in [0.1, 0.15) is 12.0 Å². The van der Waals surface area contributed by atoms with Gasteiger partial charge in [0.2, 0.25) is 0 Å². The molecule has 6 nitrogen and oxygen atoms in total. The van der Waals surface area contributed by atoms with Crippen molar-refractivity contribution in [2.75, 3.05) is 23.3 Å². The number of nitrogens with one attached hydrogen (secondary N) is 1. The van der Waals surface area contributed by atoms with Gasteiger partial charge < -0.3 is 16.0 Å². The van der Waals surface area contributed by atoms with Crippen LogP contribution < -0.4 is 16.0 Å². The Bertz CT molecular complexity index is 636. The molecule has 1 saturated heterocycles. The number of nitrogens with zero attached hydrogens (tertiary/aromatic N) is 3. The smallest absolute Gasteiger partial charge is 0.265 e. The molecule has 2 aromatic rings. The molecule has 21 heavy (non-hydrogen) atoms. The molecule has 0 saturated carbocycles. The number of aromatic nitrogens is 2. The second kappa shape index (κ2) is 6.19. The summed E-state index contributed by atoms with van der Waals surface area (Å²) in [4.78, 5) is 24.4. The predicted octanol–water partition coefficient (Wildman–Crippen LogP) is 1.85. The number of rotatable bonds is 4. The molecule has 0 atom stereocenters. The van der Waals surface area contributed by atoms with Crippen LogP contribution in [0, 0.1) is 0 Å². The molecule has 1 amide bonds. The molecule has 0 unspecified atom stereocenters. The average Bonchev–Trinajstić information content (AvgIpc) is 3.19. The van der Waals surface area contributed by atoms with Crippen LogP contribution >= 0.6 is 11.3 Å². The van der Waals surface area contributed by atoms with Crippen molar-refractivity contribution in [3.63, 3.8) is 0 Å². The number of carbonyl (C=O) groups is 1. The molecule has 3 rings (SSSR count). The zero-order valence-corrected chi connectivity index (χ0v) is 12.4. The SMILES string of the molecule is NCc1ccc(C(=O)Nc2cncnc2N2CCCC2)s1. The molecule has 3 N–H and O–H groups in total. The molecule has 110 valence electrons. The van der Waals surface area contributed by atoms with Gasteiger partial charge in [-0.25, -0.2) is 9.97 Å². The molecule has 0 spiro atoms. The maximum absolute atomic E-state index is 12.3. The van der Waals surface area contributed by atoms with E-state index in [-0.39, 0.29) is 5.91 Å². The lowest BCUT2D eigenvalue weighted by Gasteiger charge is -2.19. The second-order valence-corrected chi connectivity index (χ2v) is 6.05. The van der Waals surface area contributed by atoms with E-state index in [1.54, 1.807) is 12.3 Å². The maximum Gasteiger partial charge on any atom is 0.265 e. The van der Waals surface area contributed by atoms with E-state index in [0.717, 1.165) is 36.6 Å². The summed E-state index contributed by atoms with van der Waals surface area (Å²) in [5.41, 5.74) is 6.23. The topological polar surface area (TPSA) is 84.1 Å². The van der Waals surface area contributed by atoms with Gasteiger partial charge >= 0.3 is 0 Å². The minimum Gasteiger partial charge on any atom is -0.355 e. The summed E-state index contributed by atoms with van der Waals surface area (Å²) in [6.45, 7) is 2.39. The lowest BCUT2D eigenvalue weighted by Crippen LogP contribution is -2.22. The minimum atomic E-state index is -0.144. The fourth-order valence-electron chi connectivity index (χ4n) is 2.39. The van der Waals surface area contributed by atoms with Crippen LogP contribution in [0.1, 0.15) is 27.4 Å². The second-order valence-electron chi connectivity index (χ2n) is 4.88. The predicted molar refractivity (Wildman–Crippen MR) is 83.6 cm³/mol. The van der Waals surface area contributed by atoms with E-state index in [2.05, 4.69) is 20.2 Å². The van der Waals surface area contributed by atoms with E-state index in [4.69, 9.17) is 5.73 Å². The number of nitrogens with two attached hydrogens (primary N) is 1. The van der Waals surface area contributed by atoms with Crippen molar-refractivity contribution in [2.24, 2.45) is 5.73 Å². The van der Waals surface area contributed by atoms with E-state index >= 15 is 0 Å². The average molecular weight is 303 g/mol. The van der Waals surface area contributed by atoms with Gasteiger partial charge in [-0.05, 0) is 25.0 Å². The van der Waals surface area contributed by atoms with Gasteiger partial charge in [-0.3, -0.25) is 4.79 Å². The fraction of sp³-hybridized carbons (Fsp3) is 0.357. The zero-order valence-electron chi connectivity index (χ0n) is 11.6. The Labute approximate surface area is 127 Å². The first-order valence-corrected chi connectivity index (χ1v) is 7.74. The fourth-order valence-corrected chi connectivity index (χ4v) is 3.17. The van der Waals surface area contributed by atoms with Crippen LogP contribution in [0.15, 0.2) is 24.7 Å². The largest absolute Gasteiger partial charge is 0.355 e. The minimum absolute atomic E-state index is 0.144. The number of amides is 1. The van der Waals surface area contributed by atoms with Gasteiger partial charge in [0.15, 0.2) is 5.82 Å². The number of carbonyl (C=O) groups excluding carboxylic acids is 1. The summed E-state index contributed by atoms with van der Waals surface area (Å²) < 4.78 is 0. The van der Waals surface area contributed by atoms with Gasteiger partial charge in [0.25, 0.3) is 5.91 Å². The lowest BCUT2D eigenvalue weighted by molar-refractivity contribution is 0.103. The Hall–Kier alpha value is -1.99. The molecule has 0 bridgehead atoms. The van der Waals surface area contributed by atoms with Crippen LogP contribution in [0.3, 0.4) is 0 Å². The molecular formula is C14H17N5OS. The number of anilines is 2. The summed E-state index contributed by atoms with van der Waals surface area (Å²) >= 11 is 1.41. The van der Waals surface area contributed by atoms with Crippen molar-refractivity contribution < 1.29 is 4.79 Å². The quantitative estimate of drug-likeness (QED) is 0.900. The molecule has 1 fully saturated rings. The summed E-state index contributed by atoms with van der Waals surface area (Å²) in [5, 5.41) is 2.91. The molecule has 7 heteroatoms. The van der Waals surface area contributed by atoms with Gasteiger partial charge in [0, 0.05) is 24.5 Å². The highest BCUT2D eigenvalue weighted by Crippen LogP contribution is 2.26. The summed E-state index contributed by atoms with van der Waals surface area (Å²) in [7, 11) is 0. The first-order valence-electron chi connectivity index (χ1n) is 6.93. The monoisotopic (exact) mass is 303 g/mol. The van der Waals surface area contributed by atoms with Crippen molar-refractivity contribution in [1.82, 2.24) is 9.97 Å². The van der Waals surface area contributed by atoms with E-state index in [1.165, 1.54) is 17.7 Å². The third-order valence-electron chi connectivity index (χ3n) is 3.43. The van der Waals surface area contributed by atoms with Crippen LogP contribution in [-0.2, 0) is 6.54 Å². The zero-order chi connectivity index (χ0) is 14.7. The first-order chi connectivity index (χ1) is 10.3. The summed E-state index contributed by atoms with van der Waals surface area (Å²) in [6, 6.07) is 3.67. The number of hydrogen-bond donors (Lipinski definition) is 2. The third kappa shape index (κ3) is 3.03. The van der Waals surface area contributed by atoms with Crippen LogP contribution in [0.2, 0.25) is 0 Å². The van der Waals surface area contributed by atoms with Crippen molar-refractivity contribution in [2.45, 2.75) is 19.4 Å². The highest BCUT2D eigenvalue weighted by molar-refractivity contribution is 7.14. The molecular weight excluding hydrogens is 286 g/mol. The van der Waals surface area contributed by atoms with Gasteiger partial charge in [0.05, 0.1) is 11.1 Å². The van der Waals surface area contributed by atoms with E-state index < -0.39 is 0 Å². The Balaban J connectivity index is 1.79. The van der Waals surface area contributed by atoms with Crippen molar-refractivity contribution in [1.29, 1.82) is 0 Å². The number of thiophene rings is 1. The van der Waals surface area contributed by atoms with Crippen LogP contribution in [-0.4, -0.2) is 29.0 Å². The molecule has 0 radical (unpaired) electrons. The molecule has 2 aromatic heterocycles. The van der Waals surface area contributed by atoms with Crippen molar-refractivity contribution in [3.8, 4) is 0 Å². The number of hydrogen-bond acceptors (Lipinski definition) is 6. The molecule has 1 aliphatic heterocycles. The highest BCUT2D eigenvalue weighted by Gasteiger charge is 2.19. The van der Waals surface area contributed by atoms with Gasteiger partial charge in [-0.1, -0.05) is 0 Å². The van der Waals surface area contributed by atoms with E-state index in [9.17, 15) is 4.79 Å². The van der Waals surface area contributed by atoms with Crippen LogP contribution in [0.4, 0.5) is 11.5 Å². The normalized spacial score (nSPS) is 14.4. The van der Waals surface area contributed by atoms with Gasteiger partial charge in [-0.2, -0.15) is 0 Å².